The molecular weight excluding hydrogens is 266 g/mol. The third-order valence-corrected chi connectivity index (χ3v) is 3.00. The monoisotopic (exact) mass is 276 g/mol. The Labute approximate surface area is 112 Å². The van der Waals surface area contributed by atoms with Gasteiger partial charge in [-0.05, 0) is 12.1 Å². The zero-order valence-corrected chi connectivity index (χ0v) is 10.5. The molecule has 0 aliphatic rings. The first-order valence-electron chi connectivity index (χ1n) is 5.73. The molecule has 0 saturated carbocycles. The molecule has 3 rings (SSSR count). The number of nitrogens with two attached hydrogens (primary N) is 1. The number of hydrogen-bond donors (Lipinski definition) is 1. The first-order valence-corrected chi connectivity index (χ1v) is 5.73. The Morgan fingerprint density at radius 3 is 2.75 bits per heavy atom. The smallest absolute Gasteiger partial charge is 0.201 e. The zero-order valence-electron chi connectivity index (χ0n) is 10.5. The van der Waals surface area contributed by atoms with Crippen LogP contribution in [0.3, 0.4) is 0 Å². The summed E-state index contributed by atoms with van der Waals surface area (Å²) < 4.78 is 34.2. The minimum atomic E-state index is -1.04. The van der Waals surface area contributed by atoms with Gasteiger partial charge in [-0.25, -0.2) is 14.4 Å². The van der Waals surface area contributed by atoms with E-state index in [1.54, 1.807) is 10.6 Å². The van der Waals surface area contributed by atoms with Crippen molar-refractivity contribution >= 4 is 11.5 Å². The van der Waals surface area contributed by atoms with Crippen molar-refractivity contribution in [2.45, 2.75) is 0 Å². The Morgan fingerprint density at radius 1 is 1.20 bits per heavy atom. The van der Waals surface area contributed by atoms with Crippen LogP contribution in [0, 0.1) is 11.6 Å². The van der Waals surface area contributed by atoms with Crippen molar-refractivity contribution in [3.05, 3.63) is 42.4 Å². The second-order valence-electron chi connectivity index (χ2n) is 4.09. The molecule has 0 bridgehead atoms. The molecule has 0 radical (unpaired) electrons. The van der Waals surface area contributed by atoms with Crippen LogP contribution in [0.2, 0.25) is 0 Å². The molecule has 1 aromatic carbocycles. The van der Waals surface area contributed by atoms with Crippen molar-refractivity contribution in [2.75, 3.05) is 12.8 Å². The lowest BCUT2D eigenvalue weighted by Gasteiger charge is -2.07. The van der Waals surface area contributed by atoms with E-state index >= 15 is 0 Å². The molecule has 5 nitrogen and oxygen atoms in total. The minimum Gasteiger partial charge on any atom is -0.494 e. The van der Waals surface area contributed by atoms with E-state index in [9.17, 15) is 8.78 Å². The fourth-order valence-electron chi connectivity index (χ4n) is 2.03. The molecule has 2 N–H and O–H groups in total. The van der Waals surface area contributed by atoms with Crippen molar-refractivity contribution in [2.24, 2.45) is 0 Å². The van der Waals surface area contributed by atoms with E-state index in [-0.39, 0.29) is 17.1 Å². The lowest BCUT2D eigenvalue weighted by Crippen LogP contribution is -1.99. The number of hydrogen-bond acceptors (Lipinski definition) is 4. The van der Waals surface area contributed by atoms with E-state index in [0.717, 1.165) is 0 Å². The summed E-state index contributed by atoms with van der Waals surface area (Å²) in [7, 11) is 1.28. The van der Waals surface area contributed by atoms with E-state index in [4.69, 9.17) is 10.5 Å². The number of nitrogens with zero attached hydrogens (tertiary/aromatic N) is 3. The van der Waals surface area contributed by atoms with Gasteiger partial charge in [0.1, 0.15) is 0 Å². The van der Waals surface area contributed by atoms with Crippen LogP contribution in [0.25, 0.3) is 16.9 Å². The van der Waals surface area contributed by atoms with Crippen molar-refractivity contribution < 1.29 is 13.5 Å². The minimum absolute atomic E-state index is 0.0707. The highest BCUT2D eigenvalue weighted by Gasteiger charge is 2.18. The Hall–Kier alpha value is -2.70. The molecule has 0 unspecified atom stereocenters. The number of nitrogen functional groups attached to an aromatic ring is 1. The summed E-state index contributed by atoms with van der Waals surface area (Å²) >= 11 is 0. The molecule has 0 atom stereocenters. The summed E-state index contributed by atoms with van der Waals surface area (Å²) in [6.45, 7) is 0. The van der Waals surface area contributed by atoms with Gasteiger partial charge in [0.15, 0.2) is 23.0 Å². The fourth-order valence-corrected chi connectivity index (χ4v) is 2.03. The van der Waals surface area contributed by atoms with Gasteiger partial charge in [0.05, 0.1) is 19.0 Å². The van der Waals surface area contributed by atoms with E-state index in [0.29, 0.717) is 11.3 Å². The van der Waals surface area contributed by atoms with E-state index < -0.39 is 11.6 Å². The maximum Gasteiger partial charge on any atom is 0.201 e. The normalized spacial score (nSPS) is 10.9. The highest BCUT2D eigenvalue weighted by Crippen LogP contribution is 2.30. The highest BCUT2D eigenvalue weighted by molar-refractivity contribution is 5.70. The highest BCUT2D eigenvalue weighted by atomic mass is 19.2. The van der Waals surface area contributed by atoms with E-state index in [2.05, 4.69) is 9.97 Å². The van der Waals surface area contributed by atoms with Gasteiger partial charge in [-0.2, -0.15) is 4.39 Å². The van der Waals surface area contributed by atoms with Gasteiger partial charge in [0, 0.05) is 18.0 Å². The maximum absolute atomic E-state index is 14.1. The van der Waals surface area contributed by atoms with Crippen molar-refractivity contribution in [1.29, 1.82) is 0 Å². The molecule has 0 aliphatic heterocycles. The molecule has 0 amide bonds. The van der Waals surface area contributed by atoms with Crippen LogP contribution in [-0.2, 0) is 0 Å². The molecule has 2 heterocycles. The molecule has 20 heavy (non-hydrogen) atoms. The fraction of sp³-hybridized carbons (Fsp3) is 0.0769. The Morgan fingerprint density at radius 2 is 2.00 bits per heavy atom. The predicted molar refractivity (Wildman–Crippen MR) is 69.3 cm³/mol. The quantitative estimate of drug-likeness (QED) is 0.779. The molecule has 102 valence electrons. The van der Waals surface area contributed by atoms with Crippen LogP contribution in [0.4, 0.5) is 14.6 Å². The topological polar surface area (TPSA) is 65.4 Å². The first-order chi connectivity index (χ1) is 9.63. The van der Waals surface area contributed by atoms with Crippen LogP contribution in [-0.4, -0.2) is 21.5 Å². The lowest BCUT2D eigenvalue weighted by atomic mass is 10.1. The predicted octanol–water partition coefficient (Wildman–Crippen LogP) is 2.27. The number of aromatic nitrogens is 3. The lowest BCUT2D eigenvalue weighted by molar-refractivity contribution is 0.372. The summed E-state index contributed by atoms with van der Waals surface area (Å²) in [4.78, 5) is 7.95. The van der Waals surface area contributed by atoms with Gasteiger partial charge in [-0.15, -0.1) is 0 Å². The number of fused-ring (bicyclic) bond motifs is 1. The van der Waals surface area contributed by atoms with Gasteiger partial charge < -0.3 is 10.5 Å². The van der Waals surface area contributed by atoms with Crippen LogP contribution in [0.15, 0.2) is 30.7 Å². The van der Waals surface area contributed by atoms with Gasteiger partial charge in [-0.3, -0.25) is 4.40 Å². The molecule has 0 fully saturated rings. The van der Waals surface area contributed by atoms with Crippen molar-refractivity contribution in [1.82, 2.24) is 14.4 Å². The van der Waals surface area contributed by atoms with Crippen molar-refractivity contribution in [3.8, 4) is 17.0 Å². The van der Waals surface area contributed by atoms with Gasteiger partial charge >= 0.3 is 0 Å². The SMILES string of the molecule is COc1ccc(-c2cnc3c(N)nccn23)c(F)c1F. The van der Waals surface area contributed by atoms with E-state index in [1.165, 1.54) is 31.6 Å². The molecule has 0 spiro atoms. The van der Waals surface area contributed by atoms with Crippen LogP contribution in [0.5, 0.6) is 5.75 Å². The van der Waals surface area contributed by atoms with Gasteiger partial charge in [-0.1, -0.05) is 0 Å². The number of benzene rings is 1. The van der Waals surface area contributed by atoms with Crippen LogP contribution >= 0.6 is 0 Å². The summed E-state index contributed by atoms with van der Waals surface area (Å²) in [5.74, 6) is -1.97. The number of anilines is 1. The number of methoxy groups -OCH3 is 1. The second-order valence-corrected chi connectivity index (χ2v) is 4.09. The van der Waals surface area contributed by atoms with Crippen LogP contribution in [0.1, 0.15) is 0 Å². The Kier molecular flexibility index (Phi) is 2.74. The molecule has 0 aliphatic carbocycles. The standard InChI is InChI=1S/C13H10F2N4O/c1-20-9-3-2-7(10(14)11(9)15)8-6-18-13-12(16)17-4-5-19(8)13/h2-6H,1H3,(H2,16,17). The third kappa shape index (κ3) is 1.67. The Balaban J connectivity index is 2.27. The van der Waals surface area contributed by atoms with Gasteiger partial charge in [0.2, 0.25) is 5.82 Å². The second kappa shape index (κ2) is 4.44. The first kappa shape index (κ1) is 12.3. The van der Waals surface area contributed by atoms with Gasteiger partial charge in [0.25, 0.3) is 0 Å². The summed E-state index contributed by atoms with van der Waals surface area (Å²) in [5.41, 5.74) is 6.52. The van der Waals surface area contributed by atoms with E-state index in [1.807, 2.05) is 0 Å². The number of imidazole rings is 1. The number of rotatable bonds is 2. The molecule has 0 saturated heterocycles. The summed E-state index contributed by atoms with van der Waals surface area (Å²) in [6, 6.07) is 2.79. The average Bonchev–Trinajstić information content (AvgIpc) is 2.87. The summed E-state index contributed by atoms with van der Waals surface area (Å²) in [5, 5.41) is 0. The molecular formula is C13H10F2N4O. The third-order valence-electron chi connectivity index (χ3n) is 3.00. The summed E-state index contributed by atoms with van der Waals surface area (Å²) in [6.07, 6.45) is 4.46. The maximum atomic E-state index is 14.1. The zero-order chi connectivity index (χ0) is 14.3. The molecule has 3 aromatic rings. The Bertz CT molecular complexity index is 800. The molecule has 2 aromatic heterocycles. The molecule has 7 heteroatoms. The van der Waals surface area contributed by atoms with Crippen LogP contribution < -0.4 is 10.5 Å². The average molecular weight is 276 g/mol. The number of ether oxygens (including phenoxy) is 1. The number of halogens is 2. The largest absolute Gasteiger partial charge is 0.494 e. The van der Waals surface area contributed by atoms with Crippen molar-refractivity contribution in [3.63, 3.8) is 0 Å².